The van der Waals surface area contributed by atoms with E-state index in [9.17, 15) is 28.1 Å². The number of imide groups is 1. The minimum Gasteiger partial charge on any atom is -0.465 e. The highest BCUT2D eigenvalue weighted by molar-refractivity contribution is 7.89. The fourth-order valence-electron chi connectivity index (χ4n) is 5.79. The molecule has 2 atom stereocenters. The smallest absolute Gasteiger partial charge is 0.342 e. The number of furan rings is 1. The lowest BCUT2D eigenvalue weighted by Gasteiger charge is -2.33. The lowest BCUT2D eigenvalue weighted by Crippen LogP contribution is -2.54. The molecule has 2 aliphatic rings. The summed E-state index contributed by atoms with van der Waals surface area (Å²) in [6, 6.07) is 12.0. The van der Waals surface area contributed by atoms with Crippen LogP contribution in [0.3, 0.4) is 0 Å². The Morgan fingerprint density at radius 2 is 1.71 bits per heavy atom. The van der Waals surface area contributed by atoms with Crippen molar-refractivity contribution >= 4 is 56.8 Å². The van der Waals surface area contributed by atoms with Crippen LogP contribution in [-0.2, 0) is 19.6 Å². The number of esters is 1. The van der Waals surface area contributed by atoms with Gasteiger partial charge in [-0.2, -0.15) is 9.57 Å². The number of amides is 3. The molecule has 11 nitrogen and oxygen atoms in total. The summed E-state index contributed by atoms with van der Waals surface area (Å²) in [7, 11) is -1.93. The van der Waals surface area contributed by atoms with Gasteiger partial charge in [-0.1, -0.05) is 35.3 Å². The monoisotopic (exact) mass is 630 g/mol. The minimum atomic E-state index is -4.48. The molecule has 218 valence electrons. The normalized spacial score (nSPS) is 20.9. The molecule has 2 fully saturated rings. The minimum absolute atomic E-state index is 0.0267. The number of carbonyl (C=O) groups is 3. The lowest BCUT2D eigenvalue weighted by atomic mass is 9.80. The van der Waals surface area contributed by atoms with Crippen LogP contribution >= 0.6 is 23.2 Å². The quantitative estimate of drug-likeness (QED) is 0.296. The van der Waals surface area contributed by atoms with Gasteiger partial charge < -0.3 is 14.1 Å². The second-order valence-corrected chi connectivity index (χ2v) is 12.8. The number of aryl methyl sites for hydroxylation is 2. The maximum absolute atomic E-state index is 14.4. The fraction of sp³-hybridized carbons (Fsp3) is 0.286. The molecule has 0 bridgehead atoms. The van der Waals surface area contributed by atoms with Gasteiger partial charge in [-0.15, -0.1) is 0 Å². The van der Waals surface area contributed by atoms with E-state index in [1.54, 1.807) is 24.3 Å². The lowest BCUT2D eigenvalue weighted by molar-refractivity contribution is -0.124. The number of rotatable bonds is 5. The second-order valence-electron chi connectivity index (χ2n) is 10.0. The third-order valence-electron chi connectivity index (χ3n) is 7.77. The molecule has 2 aliphatic heterocycles. The van der Waals surface area contributed by atoms with Crippen LogP contribution in [-0.4, -0.2) is 68.3 Å². The van der Waals surface area contributed by atoms with Crippen LogP contribution in [0, 0.1) is 25.2 Å². The van der Waals surface area contributed by atoms with E-state index in [0.29, 0.717) is 11.1 Å². The molecule has 2 saturated heterocycles. The molecule has 0 unspecified atom stereocenters. The van der Waals surface area contributed by atoms with E-state index in [0.717, 1.165) is 16.3 Å². The Labute approximate surface area is 251 Å². The highest BCUT2D eigenvalue weighted by Crippen LogP contribution is 2.48. The number of halogens is 2. The van der Waals surface area contributed by atoms with Crippen molar-refractivity contribution in [2.24, 2.45) is 0 Å². The first-order chi connectivity index (χ1) is 19.8. The number of anilines is 1. The number of ether oxygens (including phenoxy) is 1. The number of methoxy groups -OCH3 is 1. The van der Waals surface area contributed by atoms with Crippen molar-refractivity contribution in [3.05, 3.63) is 80.7 Å². The average Bonchev–Trinajstić information content (AvgIpc) is 3.55. The van der Waals surface area contributed by atoms with E-state index in [-0.39, 0.29) is 44.3 Å². The first-order valence-corrected chi connectivity index (χ1v) is 14.7. The van der Waals surface area contributed by atoms with Gasteiger partial charge in [0.1, 0.15) is 27.5 Å². The Morgan fingerprint density at radius 1 is 1.10 bits per heavy atom. The standard InChI is InChI=1S/C28H24Cl2N4O7S/c1-15-23(25(35)40-4)24(16(2)41-15)42(38,39)33-13-22(18-7-5-17(12-31)6-8-18)28(14-33)26(36)34(27(37)32(28)3)21-10-19(29)9-20(30)11-21/h5-11,22H,13-14H2,1-4H3/t22-,28+/m0/s1. The number of carbonyl (C=O) groups excluding carboxylic acids is 3. The van der Waals surface area contributed by atoms with Crippen LogP contribution in [0.4, 0.5) is 10.5 Å². The van der Waals surface area contributed by atoms with Gasteiger partial charge in [0.2, 0.25) is 10.0 Å². The third kappa shape index (κ3) is 4.35. The van der Waals surface area contributed by atoms with Crippen molar-refractivity contribution in [2.75, 3.05) is 32.1 Å². The van der Waals surface area contributed by atoms with E-state index in [1.165, 1.54) is 44.0 Å². The van der Waals surface area contributed by atoms with Crippen LogP contribution in [0.2, 0.25) is 10.0 Å². The summed E-state index contributed by atoms with van der Waals surface area (Å²) < 4.78 is 39.8. The van der Waals surface area contributed by atoms with Crippen molar-refractivity contribution in [1.82, 2.24) is 9.21 Å². The van der Waals surface area contributed by atoms with Gasteiger partial charge in [-0.3, -0.25) is 4.79 Å². The molecule has 3 aromatic rings. The Kier molecular flexibility index (Phi) is 7.35. The zero-order chi connectivity index (χ0) is 30.7. The second kappa shape index (κ2) is 10.4. The molecule has 5 rings (SSSR count). The average molecular weight is 631 g/mol. The van der Waals surface area contributed by atoms with Crippen molar-refractivity contribution in [3.63, 3.8) is 0 Å². The summed E-state index contributed by atoms with van der Waals surface area (Å²) >= 11 is 12.4. The molecule has 0 radical (unpaired) electrons. The molecule has 2 aromatic carbocycles. The van der Waals surface area contributed by atoms with Crippen molar-refractivity contribution in [1.29, 1.82) is 5.26 Å². The summed E-state index contributed by atoms with van der Waals surface area (Å²) in [5.41, 5.74) is -0.937. The fourth-order valence-corrected chi connectivity index (χ4v) is 8.17. The van der Waals surface area contributed by atoms with Crippen LogP contribution in [0.5, 0.6) is 0 Å². The Morgan fingerprint density at radius 3 is 2.29 bits per heavy atom. The van der Waals surface area contributed by atoms with Gasteiger partial charge >= 0.3 is 12.0 Å². The first kappa shape index (κ1) is 29.6. The molecule has 3 amide bonds. The Hall–Kier alpha value is -3.89. The van der Waals surface area contributed by atoms with Gasteiger partial charge in [-0.05, 0) is 49.7 Å². The van der Waals surface area contributed by atoms with E-state index in [2.05, 4.69) is 0 Å². The molecule has 0 aliphatic carbocycles. The Bertz CT molecular complexity index is 1780. The molecule has 1 aromatic heterocycles. The molecule has 3 heterocycles. The number of nitrogens with zero attached hydrogens (tertiary/aromatic N) is 4. The molecule has 1 spiro atoms. The van der Waals surface area contributed by atoms with Gasteiger partial charge in [0.05, 0.1) is 24.4 Å². The highest BCUT2D eigenvalue weighted by atomic mass is 35.5. The molecule has 0 saturated carbocycles. The van der Waals surface area contributed by atoms with Gasteiger partial charge in [0.25, 0.3) is 5.91 Å². The van der Waals surface area contributed by atoms with Crippen LogP contribution in [0.15, 0.2) is 51.8 Å². The topological polar surface area (TPSA) is 141 Å². The van der Waals surface area contributed by atoms with Crippen molar-refractivity contribution in [3.8, 4) is 6.07 Å². The SMILES string of the molecule is COC(=O)c1c(C)oc(C)c1S(=O)(=O)N1C[C@@H](c2ccc(C#N)cc2)[C@]2(C1)C(=O)N(c1cc(Cl)cc(Cl)c1)C(=O)N2C. The summed E-state index contributed by atoms with van der Waals surface area (Å²) in [5.74, 6) is -2.41. The van der Waals surface area contributed by atoms with Crippen LogP contribution in [0.25, 0.3) is 0 Å². The number of benzene rings is 2. The predicted molar refractivity (Wildman–Crippen MR) is 152 cm³/mol. The van der Waals surface area contributed by atoms with Gasteiger partial charge in [-0.25, -0.2) is 22.9 Å². The summed E-state index contributed by atoms with van der Waals surface area (Å²) in [5, 5.41) is 9.69. The zero-order valence-corrected chi connectivity index (χ0v) is 25.2. The molecule has 42 heavy (non-hydrogen) atoms. The van der Waals surface area contributed by atoms with E-state index in [1.807, 2.05) is 6.07 Å². The first-order valence-electron chi connectivity index (χ1n) is 12.5. The predicted octanol–water partition coefficient (Wildman–Crippen LogP) is 4.49. The number of urea groups is 1. The third-order valence-corrected chi connectivity index (χ3v) is 10.2. The van der Waals surface area contributed by atoms with Crippen molar-refractivity contribution in [2.45, 2.75) is 30.2 Å². The number of hydrogen-bond acceptors (Lipinski definition) is 8. The van der Waals surface area contributed by atoms with E-state index >= 15 is 0 Å². The summed E-state index contributed by atoms with van der Waals surface area (Å²) in [6.07, 6.45) is 0. The number of sulfonamides is 1. The maximum Gasteiger partial charge on any atom is 0.342 e. The number of likely N-dealkylation sites (N-methyl/N-ethyl adjacent to an activating group) is 1. The Balaban J connectivity index is 1.68. The molecule has 14 heteroatoms. The van der Waals surface area contributed by atoms with E-state index < -0.39 is 45.9 Å². The molecule has 0 N–H and O–H groups in total. The maximum atomic E-state index is 14.4. The van der Waals surface area contributed by atoms with Crippen LogP contribution < -0.4 is 4.90 Å². The van der Waals surface area contributed by atoms with Crippen molar-refractivity contribution < 1.29 is 32.0 Å². The number of hydrogen-bond donors (Lipinski definition) is 0. The van der Waals surface area contributed by atoms with E-state index in [4.69, 9.17) is 32.4 Å². The summed E-state index contributed by atoms with van der Waals surface area (Å²) in [6.45, 7) is 2.20. The molecular weight excluding hydrogens is 607 g/mol. The zero-order valence-electron chi connectivity index (χ0n) is 22.8. The van der Waals surface area contributed by atoms with Gasteiger partial charge in [0.15, 0.2) is 0 Å². The number of nitriles is 1. The van der Waals surface area contributed by atoms with Crippen LogP contribution in [0.1, 0.15) is 38.9 Å². The molecular formula is C28H24Cl2N4O7S. The summed E-state index contributed by atoms with van der Waals surface area (Å²) in [4.78, 5) is 42.5. The highest BCUT2D eigenvalue weighted by Gasteiger charge is 2.66. The van der Waals surface area contributed by atoms with Gasteiger partial charge in [0, 0.05) is 36.1 Å². The largest absolute Gasteiger partial charge is 0.465 e.